The van der Waals surface area contributed by atoms with Gasteiger partial charge in [0.25, 0.3) is 0 Å². The average Bonchev–Trinajstić information content (AvgIpc) is 2.62. The molecule has 1 saturated heterocycles. The Kier molecular flexibility index (Phi) is 6.07. The lowest BCUT2D eigenvalue weighted by Gasteiger charge is -2.32. The summed E-state index contributed by atoms with van der Waals surface area (Å²) in [6, 6.07) is 6.20. The molecule has 1 aromatic heterocycles. The highest BCUT2D eigenvalue weighted by molar-refractivity contribution is 5.58. The van der Waals surface area contributed by atoms with Gasteiger partial charge in [0.2, 0.25) is 5.95 Å². The van der Waals surface area contributed by atoms with E-state index < -0.39 is 11.7 Å². The number of piperidine rings is 1. The molecule has 0 aliphatic carbocycles. The Morgan fingerprint density at radius 3 is 2.71 bits per heavy atom. The van der Waals surface area contributed by atoms with Gasteiger partial charge in [0, 0.05) is 36.6 Å². The zero-order chi connectivity index (χ0) is 20.3. The van der Waals surface area contributed by atoms with Crippen molar-refractivity contribution in [2.24, 2.45) is 5.73 Å². The fourth-order valence-corrected chi connectivity index (χ4v) is 3.44. The SMILES string of the molecule is CCCc1cc(N2CCC[C@@H](N)C2)nc(Nc2ccc(C)c(C(F)(F)F)c2)n1. The van der Waals surface area contributed by atoms with Crippen LogP contribution < -0.4 is 16.0 Å². The summed E-state index contributed by atoms with van der Waals surface area (Å²) in [6.07, 6.45) is -0.742. The molecule has 1 atom stereocenters. The van der Waals surface area contributed by atoms with Gasteiger partial charge in [-0.25, -0.2) is 4.98 Å². The van der Waals surface area contributed by atoms with Crippen LogP contribution in [0.3, 0.4) is 0 Å². The Hall–Kier alpha value is -2.35. The quantitative estimate of drug-likeness (QED) is 0.787. The van der Waals surface area contributed by atoms with Crippen LogP contribution in [0.2, 0.25) is 0 Å². The van der Waals surface area contributed by atoms with E-state index in [0.29, 0.717) is 18.2 Å². The van der Waals surface area contributed by atoms with Crippen molar-refractivity contribution in [1.82, 2.24) is 9.97 Å². The van der Waals surface area contributed by atoms with E-state index in [9.17, 15) is 13.2 Å². The highest BCUT2D eigenvalue weighted by Gasteiger charge is 2.32. The van der Waals surface area contributed by atoms with Gasteiger partial charge in [-0.2, -0.15) is 18.2 Å². The second kappa shape index (κ2) is 8.34. The van der Waals surface area contributed by atoms with Gasteiger partial charge in [-0.05, 0) is 43.9 Å². The molecule has 0 bridgehead atoms. The summed E-state index contributed by atoms with van der Waals surface area (Å²) in [6.45, 7) is 5.08. The lowest BCUT2D eigenvalue weighted by Crippen LogP contribution is -2.43. The smallest absolute Gasteiger partial charge is 0.355 e. The van der Waals surface area contributed by atoms with Crippen molar-refractivity contribution in [3.8, 4) is 0 Å². The van der Waals surface area contributed by atoms with Gasteiger partial charge in [0.05, 0.1) is 5.56 Å². The summed E-state index contributed by atoms with van der Waals surface area (Å²) >= 11 is 0. The van der Waals surface area contributed by atoms with Crippen LogP contribution in [0.15, 0.2) is 24.3 Å². The van der Waals surface area contributed by atoms with E-state index in [1.165, 1.54) is 13.0 Å². The second-order valence-corrected chi connectivity index (χ2v) is 7.29. The Bertz CT molecular complexity index is 822. The minimum Gasteiger partial charge on any atom is -0.355 e. The number of aromatic nitrogens is 2. The first-order chi connectivity index (χ1) is 13.3. The minimum atomic E-state index is -4.40. The van der Waals surface area contributed by atoms with Gasteiger partial charge in [0.15, 0.2) is 0 Å². The molecule has 0 amide bonds. The standard InChI is InChI=1S/C20H26F3N5/c1-3-5-15-11-18(28-9-4-6-14(24)12-28)27-19(25-15)26-16-8-7-13(2)17(10-16)20(21,22)23/h7-8,10-11,14H,3-6,9,12,24H2,1-2H3,(H,25,26,27)/t14-/m1/s1. The number of nitrogens with one attached hydrogen (secondary N) is 1. The van der Waals surface area contributed by atoms with Gasteiger partial charge in [-0.15, -0.1) is 0 Å². The maximum atomic E-state index is 13.2. The van der Waals surface area contributed by atoms with Gasteiger partial charge >= 0.3 is 6.18 Å². The molecule has 0 radical (unpaired) electrons. The first-order valence-electron chi connectivity index (χ1n) is 9.59. The van der Waals surface area contributed by atoms with E-state index in [1.54, 1.807) is 6.07 Å². The summed E-state index contributed by atoms with van der Waals surface area (Å²) in [7, 11) is 0. The molecule has 28 heavy (non-hydrogen) atoms. The topological polar surface area (TPSA) is 67.1 Å². The number of halogens is 3. The molecular formula is C20H26F3N5. The number of rotatable bonds is 5. The normalized spacial score (nSPS) is 17.6. The summed E-state index contributed by atoms with van der Waals surface area (Å²) < 4.78 is 39.6. The molecule has 8 heteroatoms. The van der Waals surface area contributed by atoms with Crippen molar-refractivity contribution in [3.63, 3.8) is 0 Å². The third kappa shape index (κ3) is 4.92. The van der Waals surface area contributed by atoms with Crippen LogP contribution in [-0.2, 0) is 12.6 Å². The van der Waals surface area contributed by atoms with Crippen LogP contribution in [0.25, 0.3) is 0 Å². The van der Waals surface area contributed by atoms with Crippen LogP contribution in [0, 0.1) is 6.92 Å². The van der Waals surface area contributed by atoms with Crippen molar-refractivity contribution in [2.75, 3.05) is 23.3 Å². The molecule has 3 rings (SSSR count). The molecule has 3 N–H and O–H groups in total. The van der Waals surface area contributed by atoms with Crippen LogP contribution in [0.5, 0.6) is 0 Å². The predicted octanol–water partition coefficient (Wildman–Crippen LogP) is 4.43. The first kappa shape index (κ1) is 20.4. The summed E-state index contributed by atoms with van der Waals surface area (Å²) in [5.74, 6) is 1.07. The van der Waals surface area contributed by atoms with Gasteiger partial charge in [-0.3, -0.25) is 0 Å². The average molecular weight is 393 g/mol. The van der Waals surface area contributed by atoms with Crippen molar-refractivity contribution in [1.29, 1.82) is 0 Å². The number of benzene rings is 1. The zero-order valence-corrected chi connectivity index (χ0v) is 16.2. The van der Waals surface area contributed by atoms with Crippen molar-refractivity contribution >= 4 is 17.5 Å². The van der Waals surface area contributed by atoms with Crippen molar-refractivity contribution in [3.05, 3.63) is 41.1 Å². The minimum absolute atomic E-state index is 0.0983. The molecule has 0 spiro atoms. The third-order valence-electron chi connectivity index (χ3n) is 4.85. The number of anilines is 3. The fraction of sp³-hybridized carbons (Fsp3) is 0.500. The first-order valence-corrected chi connectivity index (χ1v) is 9.59. The summed E-state index contributed by atoms with van der Waals surface area (Å²) in [5.41, 5.74) is 6.78. The van der Waals surface area contributed by atoms with E-state index in [-0.39, 0.29) is 11.6 Å². The number of nitrogens with zero attached hydrogens (tertiary/aromatic N) is 3. The summed E-state index contributed by atoms with van der Waals surface area (Å²) in [4.78, 5) is 11.2. The fourth-order valence-electron chi connectivity index (χ4n) is 3.44. The molecule has 2 heterocycles. The molecule has 2 aromatic rings. The molecule has 0 saturated carbocycles. The number of hydrogen-bond donors (Lipinski definition) is 2. The van der Waals surface area contributed by atoms with Crippen LogP contribution >= 0.6 is 0 Å². The molecule has 1 fully saturated rings. The monoisotopic (exact) mass is 393 g/mol. The number of nitrogens with two attached hydrogens (primary N) is 1. The van der Waals surface area contributed by atoms with Gasteiger partial charge in [0.1, 0.15) is 5.82 Å². The molecular weight excluding hydrogens is 367 g/mol. The maximum Gasteiger partial charge on any atom is 0.416 e. The lowest BCUT2D eigenvalue weighted by atomic mass is 10.1. The maximum absolute atomic E-state index is 13.2. The second-order valence-electron chi connectivity index (χ2n) is 7.29. The highest BCUT2D eigenvalue weighted by Crippen LogP contribution is 2.34. The zero-order valence-electron chi connectivity index (χ0n) is 16.2. The Balaban J connectivity index is 1.91. The predicted molar refractivity (Wildman–Crippen MR) is 105 cm³/mol. The van der Waals surface area contributed by atoms with Gasteiger partial charge in [-0.1, -0.05) is 19.4 Å². The summed E-state index contributed by atoms with van der Waals surface area (Å²) in [5, 5.41) is 2.95. The van der Waals surface area contributed by atoms with Crippen LogP contribution in [0.1, 0.15) is 43.0 Å². The highest BCUT2D eigenvalue weighted by atomic mass is 19.4. The Morgan fingerprint density at radius 1 is 1.25 bits per heavy atom. The Labute approximate surface area is 163 Å². The molecule has 1 aliphatic heterocycles. The van der Waals surface area contributed by atoms with E-state index in [0.717, 1.165) is 49.8 Å². The molecule has 1 aromatic carbocycles. The van der Waals surface area contributed by atoms with Crippen LogP contribution in [0.4, 0.5) is 30.6 Å². The lowest BCUT2D eigenvalue weighted by molar-refractivity contribution is -0.138. The van der Waals surface area contributed by atoms with Gasteiger partial charge < -0.3 is 16.0 Å². The van der Waals surface area contributed by atoms with Crippen molar-refractivity contribution in [2.45, 2.75) is 51.7 Å². The largest absolute Gasteiger partial charge is 0.416 e. The molecule has 152 valence electrons. The molecule has 5 nitrogen and oxygen atoms in total. The van der Waals surface area contributed by atoms with E-state index >= 15 is 0 Å². The van der Waals surface area contributed by atoms with Crippen molar-refractivity contribution < 1.29 is 13.2 Å². The van der Waals surface area contributed by atoms with E-state index in [2.05, 4.69) is 27.1 Å². The number of alkyl halides is 3. The number of aryl methyl sites for hydroxylation is 2. The number of hydrogen-bond acceptors (Lipinski definition) is 5. The molecule has 1 aliphatic rings. The molecule has 0 unspecified atom stereocenters. The van der Waals surface area contributed by atoms with Crippen LogP contribution in [-0.4, -0.2) is 29.1 Å². The third-order valence-corrected chi connectivity index (χ3v) is 4.85. The van der Waals surface area contributed by atoms with E-state index in [1.807, 2.05) is 6.07 Å². The van der Waals surface area contributed by atoms with E-state index in [4.69, 9.17) is 5.73 Å². The Morgan fingerprint density at radius 2 is 2.04 bits per heavy atom.